The second kappa shape index (κ2) is 12.9. The van der Waals surface area contributed by atoms with Crippen molar-refractivity contribution in [2.24, 2.45) is 5.92 Å². The third-order valence-corrected chi connectivity index (χ3v) is 6.28. The van der Waals surface area contributed by atoms with Crippen LogP contribution in [0.25, 0.3) is 0 Å². The summed E-state index contributed by atoms with van der Waals surface area (Å²) in [6.45, 7) is 6.90. The fraction of sp³-hybridized carbons (Fsp3) is 0.333. The maximum atomic E-state index is 14.1. The van der Waals surface area contributed by atoms with Crippen LogP contribution in [0.2, 0.25) is 0 Å². The molecule has 0 bridgehead atoms. The number of amides is 1. The Kier molecular flexibility index (Phi) is 9.89. The number of carbonyl (C=O) groups excluding carboxylic acids is 1. The van der Waals surface area contributed by atoms with E-state index in [1.165, 1.54) is 18.2 Å². The van der Waals surface area contributed by atoms with E-state index in [4.69, 9.17) is 9.84 Å². The number of halogens is 5. The highest BCUT2D eigenvalue weighted by Crippen LogP contribution is 2.28. The Labute approximate surface area is 229 Å². The molecule has 0 saturated carbocycles. The molecule has 3 aromatic rings. The minimum Gasteiger partial charge on any atom is -0.489 e. The van der Waals surface area contributed by atoms with Crippen LogP contribution in [0, 0.1) is 48.9 Å². The first-order chi connectivity index (χ1) is 18.8. The van der Waals surface area contributed by atoms with Gasteiger partial charge in [0, 0.05) is 12.0 Å². The van der Waals surface area contributed by atoms with Crippen LogP contribution in [0.3, 0.4) is 0 Å². The lowest BCUT2D eigenvalue weighted by Gasteiger charge is -2.23. The Morgan fingerprint density at radius 3 is 2.00 bits per heavy atom. The molecule has 0 spiro atoms. The van der Waals surface area contributed by atoms with E-state index in [2.05, 4.69) is 5.32 Å². The lowest BCUT2D eigenvalue weighted by atomic mass is 9.93. The minimum atomic E-state index is -2.28. The molecule has 0 radical (unpaired) electrons. The maximum Gasteiger partial charge on any atom is 0.303 e. The molecule has 1 atom stereocenters. The number of ether oxygens (including phenoxy) is 1. The third kappa shape index (κ3) is 7.37. The molecule has 0 fully saturated rings. The maximum absolute atomic E-state index is 14.1. The van der Waals surface area contributed by atoms with Crippen molar-refractivity contribution < 1.29 is 41.4 Å². The van der Waals surface area contributed by atoms with E-state index in [1.807, 2.05) is 45.9 Å². The van der Waals surface area contributed by atoms with Crippen molar-refractivity contribution in [2.75, 3.05) is 0 Å². The summed E-state index contributed by atoms with van der Waals surface area (Å²) in [5, 5.41) is 12.1. The van der Waals surface area contributed by atoms with Gasteiger partial charge in [-0.15, -0.1) is 0 Å². The van der Waals surface area contributed by atoms with E-state index in [1.54, 1.807) is 0 Å². The van der Waals surface area contributed by atoms with Crippen LogP contribution < -0.4 is 10.1 Å². The normalized spacial score (nSPS) is 11.9. The molecular weight excluding hydrogens is 533 g/mol. The zero-order chi connectivity index (χ0) is 29.7. The number of hydrogen-bond donors (Lipinski definition) is 2. The van der Waals surface area contributed by atoms with Crippen molar-refractivity contribution in [2.45, 2.75) is 59.6 Å². The Morgan fingerprint density at radius 1 is 0.875 bits per heavy atom. The summed E-state index contributed by atoms with van der Waals surface area (Å²) in [6, 6.07) is 9.58. The number of carboxylic acid groups (broad SMARTS) is 1. The Hall–Kier alpha value is -3.95. The van der Waals surface area contributed by atoms with E-state index in [-0.39, 0.29) is 36.1 Å². The first kappa shape index (κ1) is 30.6. The molecule has 1 unspecified atom stereocenters. The largest absolute Gasteiger partial charge is 0.489 e. The summed E-state index contributed by atoms with van der Waals surface area (Å²) in [4.78, 5) is 24.7. The van der Waals surface area contributed by atoms with E-state index >= 15 is 0 Å². The van der Waals surface area contributed by atoms with E-state index in [0.29, 0.717) is 12.0 Å². The van der Waals surface area contributed by atoms with Crippen LogP contribution in [-0.4, -0.2) is 17.0 Å². The standard InChI is InChI=1S/C30H30F5NO4/c1-15(2)9-23(19-11-16(3)10-17(4)12-19)36-30(39)21-13-20(7-5-18(21)6-8-24(37)38)40-14-22-25(31)27(33)29(35)28(34)26(22)32/h5,7,10-13,15,23H,6,8-9,14H2,1-4H3,(H,36,39)(H,37,38). The van der Waals surface area contributed by atoms with Crippen LogP contribution in [0.5, 0.6) is 5.75 Å². The number of carbonyl (C=O) groups is 2. The molecule has 0 aromatic heterocycles. The van der Waals surface area contributed by atoms with Crippen molar-refractivity contribution in [3.05, 3.63) is 98.9 Å². The van der Waals surface area contributed by atoms with Gasteiger partial charge in [-0.2, -0.15) is 0 Å². The van der Waals surface area contributed by atoms with Gasteiger partial charge in [0.15, 0.2) is 23.3 Å². The monoisotopic (exact) mass is 563 g/mol. The Morgan fingerprint density at radius 2 is 1.45 bits per heavy atom. The van der Waals surface area contributed by atoms with Gasteiger partial charge in [0.25, 0.3) is 5.91 Å². The van der Waals surface area contributed by atoms with Gasteiger partial charge in [-0.3, -0.25) is 9.59 Å². The number of benzene rings is 3. The van der Waals surface area contributed by atoms with E-state index in [9.17, 15) is 31.5 Å². The van der Waals surface area contributed by atoms with E-state index < -0.39 is 53.1 Å². The van der Waals surface area contributed by atoms with Crippen LogP contribution in [0.1, 0.15) is 70.9 Å². The number of carboxylic acids is 1. The van der Waals surface area contributed by atoms with Gasteiger partial charge in [0.05, 0.1) is 11.6 Å². The molecule has 3 rings (SSSR count). The third-order valence-electron chi connectivity index (χ3n) is 6.28. The van der Waals surface area contributed by atoms with Gasteiger partial charge in [0.1, 0.15) is 12.4 Å². The average Bonchev–Trinajstić information content (AvgIpc) is 2.88. The molecule has 0 aliphatic heterocycles. The van der Waals surface area contributed by atoms with Gasteiger partial charge < -0.3 is 15.2 Å². The highest BCUT2D eigenvalue weighted by atomic mass is 19.2. The fourth-order valence-electron chi connectivity index (χ4n) is 4.45. The fourth-order valence-corrected chi connectivity index (χ4v) is 4.45. The number of aryl methyl sites for hydroxylation is 3. The molecule has 0 saturated heterocycles. The Bertz CT molecular complexity index is 1370. The van der Waals surface area contributed by atoms with Crippen molar-refractivity contribution in [3.63, 3.8) is 0 Å². The van der Waals surface area contributed by atoms with Crippen molar-refractivity contribution in [3.8, 4) is 5.75 Å². The number of rotatable bonds is 11. The number of nitrogens with one attached hydrogen (secondary N) is 1. The quantitative estimate of drug-likeness (QED) is 0.148. The smallest absolute Gasteiger partial charge is 0.303 e. The van der Waals surface area contributed by atoms with E-state index in [0.717, 1.165) is 16.7 Å². The zero-order valence-corrected chi connectivity index (χ0v) is 22.5. The Balaban J connectivity index is 1.95. The first-order valence-electron chi connectivity index (χ1n) is 12.6. The van der Waals surface area contributed by atoms with Gasteiger partial charge in [-0.05, 0) is 55.9 Å². The summed E-state index contributed by atoms with van der Waals surface area (Å²) in [5.74, 6) is -12.0. The molecule has 0 heterocycles. The second-order valence-electron chi connectivity index (χ2n) is 10.1. The molecule has 1 amide bonds. The predicted molar refractivity (Wildman–Crippen MR) is 139 cm³/mol. The summed E-state index contributed by atoms with van der Waals surface area (Å²) in [6.07, 6.45) is 0.349. The average molecular weight is 564 g/mol. The molecule has 40 heavy (non-hydrogen) atoms. The summed E-state index contributed by atoms with van der Waals surface area (Å²) in [7, 11) is 0. The highest BCUT2D eigenvalue weighted by molar-refractivity contribution is 5.96. The lowest BCUT2D eigenvalue weighted by Crippen LogP contribution is -2.30. The summed E-state index contributed by atoms with van der Waals surface area (Å²) < 4.78 is 74.1. The molecule has 214 valence electrons. The number of hydrogen-bond acceptors (Lipinski definition) is 3. The molecule has 0 aliphatic carbocycles. The van der Waals surface area contributed by atoms with Gasteiger partial charge >= 0.3 is 5.97 Å². The molecule has 10 heteroatoms. The van der Waals surface area contributed by atoms with Gasteiger partial charge in [0.2, 0.25) is 5.82 Å². The summed E-state index contributed by atoms with van der Waals surface area (Å²) >= 11 is 0. The number of aliphatic carboxylic acids is 1. The molecule has 0 aliphatic rings. The molecule has 2 N–H and O–H groups in total. The zero-order valence-electron chi connectivity index (χ0n) is 22.5. The lowest BCUT2D eigenvalue weighted by molar-refractivity contribution is -0.136. The van der Waals surface area contributed by atoms with Crippen LogP contribution in [0.4, 0.5) is 22.0 Å². The summed E-state index contributed by atoms with van der Waals surface area (Å²) in [5.41, 5.74) is 2.21. The van der Waals surface area contributed by atoms with Crippen molar-refractivity contribution >= 4 is 11.9 Å². The SMILES string of the molecule is Cc1cc(C)cc(C(CC(C)C)NC(=O)c2cc(OCc3c(F)c(F)c(F)c(F)c3F)ccc2CCC(=O)O)c1. The van der Waals surface area contributed by atoms with Crippen molar-refractivity contribution in [1.29, 1.82) is 0 Å². The van der Waals surface area contributed by atoms with Gasteiger partial charge in [-0.1, -0.05) is 49.2 Å². The van der Waals surface area contributed by atoms with Gasteiger partial charge in [-0.25, -0.2) is 22.0 Å². The minimum absolute atomic E-state index is 0.00834. The van der Waals surface area contributed by atoms with Crippen LogP contribution in [-0.2, 0) is 17.8 Å². The molecule has 5 nitrogen and oxygen atoms in total. The topological polar surface area (TPSA) is 75.6 Å². The van der Waals surface area contributed by atoms with Crippen LogP contribution in [0.15, 0.2) is 36.4 Å². The molecule has 3 aromatic carbocycles. The van der Waals surface area contributed by atoms with Crippen molar-refractivity contribution in [1.82, 2.24) is 5.32 Å². The second-order valence-corrected chi connectivity index (χ2v) is 10.1. The van der Waals surface area contributed by atoms with Crippen LogP contribution >= 0.6 is 0 Å². The predicted octanol–water partition coefficient (Wildman–Crippen LogP) is 7.11. The highest BCUT2D eigenvalue weighted by Gasteiger charge is 2.26. The first-order valence-corrected chi connectivity index (χ1v) is 12.6. The molecular formula is C30H30F5NO4.